The number of hydrogen-bond donors (Lipinski definition) is 0. The van der Waals surface area contributed by atoms with Crippen LogP contribution in [-0.4, -0.2) is 15.0 Å². The van der Waals surface area contributed by atoms with Gasteiger partial charge in [0.15, 0.2) is 17.5 Å². The van der Waals surface area contributed by atoms with Gasteiger partial charge in [0, 0.05) is 27.8 Å². The van der Waals surface area contributed by atoms with Crippen molar-refractivity contribution in [2.75, 3.05) is 0 Å². The van der Waals surface area contributed by atoms with Crippen LogP contribution < -0.4 is 4.74 Å². The Morgan fingerprint density at radius 3 is 1.46 bits per heavy atom. The van der Waals surface area contributed by atoms with E-state index in [4.69, 9.17) is 19.7 Å². The van der Waals surface area contributed by atoms with Crippen molar-refractivity contribution in [3.05, 3.63) is 210 Å². The lowest BCUT2D eigenvalue weighted by molar-refractivity contribution is 0.434. The van der Waals surface area contributed by atoms with E-state index in [-0.39, 0.29) is 0 Å². The van der Waals surface area contributed by atoms with E-state index in [1.54, 1.807) is 0 Å². The predicted octanol–water partition coefficient (Wildman–Crippen LogP) is 11.0. The molecule has 0 unspecified atom stereocenters. The highest BCUT2D eigenvalue weighted by atomic mass is 16.5. The van der Waals surface area contributed by atoms with Gasteiger partial charge in [-0.3, -0.25) is 0 Å². The molecule has 7 aromatic carbocycles. The molecule has 1 aliphatic rings. The van der Waals surface area contributed by atoms with Crippen LogP contribution in [0.2, 0.25) is 0 Å². The molecule has 0 fully saturated rings. The van der Waals surface area contributed by atoms with Gasteiger partial charge in [-0.1, -0.05) is 170 Å². The predicted molar refractivity (Wildman–Crippen MR) is 200 cm³/mol. The van der Waals surface area contributed by atoms with Crippen molar-refractivity contribution in [3.8, 4) is 56.8 Å². The third kappa shape index (κ3) is 4.97. The summed E-state index contributed by atoms with van der Waals surface area (Å²) >= 11 is 0. The molecule has 0 bridgehead atoms. The first kappa shape index (κ1) is 29.5. The van der Waals surface area contributed by atoms with Crippen LogP contribution in [0.3, 0.4) is 0 Å². The summed E-state index contributed by atoms with van der Waals surface area (Å²) in [5, 5.41) is 0. The number of hydrogen-bond acceptors (Lipinski definition) is 4. The van der Waals surface area contributed by atoms with Crippen molar-refractivity contribution in [3.63, 3.8) is 0 Å². The first-order chi connectivity index (χ1) is 24.8. The summed E-state index contributed by atoms with van der Waals surface area (Å²) in [7, 11) is 0. The molecule has 9 rings (SSSR count). The Labute approximate surface area is 291 Å². The largest absolute Gasteiger partial charge is 0.457 e. The van der Waals surface area contributed by atoms with Crippen molar-refractivity contribution in [2.24, 2.45) is 0 Å². The van der Waals surface area contributed by atoms with E-state index >= 15 is 0 Å². The summed E-state index contributed by atoms with van der Waals surface area (Å²) in [6, 6.07) is 64.9. The molecule has 0 radical (unpaired) electrons. The number of para-hydroxylation sites is 2. The summed E-state index contributed by atoms with van der Waals surface area (Å²) in [5.74, 6) is 3.53. The van der Waals surface area contributed by atoms with Crippen LogP contribution in [0.15, 0.2) is 188 Å². The smallest absolute Gasteiger partial charge is 0.164 e. The highest BCUT2D eigenvalue weighted by molar-refractivity contribution is 5.82. The van der Waals surface area contributed by atoms with Crippen LogP contribution in [0.4, 0.5) is 0 Å². The lowest BCUT2D eigenvalue weighted by Gasteiger charge is -2.41. The molecule has 1 aliphatic heterocycles. The second kappa shape index (κ2) is 12.4. The first-order valence-electron chi connectivity index (χ1n) is 16.8. The molecule has 236 valence electrons. The number of fused-ring (bicyclic) bond motifs is 2. The lowest BCUT2D eigenvalue weighted by Crippen LogP contribution is -2.34. The van der Waals surface area contributed by atoms with Gasteiger partial charge < -0.3 is 4.74 Å². The maximum atomic E-state index is 6.53. The van der Waals surface area contributed by atoms with Gasteiger partial charge in [0.1, 0.15) is 11.5 Å². The molecule has 0 saturated heterocycles. The van der Waals surface area contributed by atoms with Crippen LogP contribution in [-0.2, 0) is 5.41 Å². The Bertz CT molecular complexity index is 2420. The summed E-state index contributed by atoms with van der Waals surface area (Å²) < 4.78 is 6.53. The highest BCUT2D eigenvalue weighted by Gasteiger charge is 2.45. The quantitative estimate of drug-likeness (QED) is 0.181. The molecule has 4 nitrogen and oxygen atoms in total. The molecule has 4 heteroatoms. The molecule has 0 amide bonds. The van der Waals surface area contributed by atoms with Crippen molar-refractivity contribution in [2.45, 2.75) is 5.41 Å². The van der Waals surface area contributed by atoms with Gasteiger partial charge in [0.2, 0.25) is 0 Å². The van der Waals surface area contributed by atoms with Crippen molar-refractivity contribution >= 4 is 0 Å². The number of ether oxygens (including phenoxy) is 1. The SMILES string of the molecule is c1ccc(-c2nc(-c3cccc(C4(c5ccccc5)c5ccccc5Oc5ccccc54)c3)nc(-c3ccccc3-c3ccccc3)n2)cc1. The fourth-order valence-corrected chi connectivity index (χ4v) is 7.25. The lowest BCUT2D eigenvalue weighted by atomic mass is 9.63. The normalized spacial score (nSPS) is 12.7. The molecule has 0 saturated carbocycles. The molecule has 0 atom stereocenters. The number of benzene rings is 7. The molecule has 0 aliphatic carbocycles. The standard InChI is InChI=1S/C46H31N3O/c1-4-17-32(18-5-1)37-25-10-11-26-38(37)45-48-43(33-19-6-2-7-20-33)47-44(49-45)34-21-16-24-36(31-34)46(35-22-8-3-9-23-35)39-27-12-14-29-41(39)50-42-30-15-13-28-40(42)46/h1-31H. The third-order valence-electron chi connectivity index (χ3n) is 9.48. The molecule has 1 aromatic heterocycles. The molecule has 50 heavy (non-hydrogen) atoms. The maximum absolute atomic E-state index is 6.53. The summed E-state index contributed by atoms with van der Waals surface area (Å²) in [4.78, 5) is 15.4. The monoisotopic (exact) mass is 641 g/mol. The first-order valence-corrected chi connectivity index (χ1v) is 16.8. The van der Waals surface area contributed by atoms with Crippen LogP contribution in [0.25, 0.3) is 45.3 Å². The van der Waals surface area contributed by atoms with Gasteiger partial charge in [-0.05, 0) is 40.5 Å². The Morgan fingerprint density at radius 1 is 0.340 bits per heavy atom. The van der Waals surface area contributed by atoms with Gasteiger partial charge in [0.25, 0.3) is 0 Å². The Balaban J connectivity index is 1.29. The van der Waals surface area contributed by atoms with Crippen LogP contribution >= 0.6 is 0 Å². The van der Waals surface area contributed by atoms with Gasteiger partial charge in [-0.2, -0.15) is 0 Å². The van der Waals surface area contributed by atoms with Gasteiger partial charge in [-0.25, -0.2) is 15.0 Å². The minimum Gasteiger partial charge on any atom is -0.457 e. The maximum Gasteiger partial charge on any atom is 0.164 e. The molecule has 0 spiro atoms. The van der Waals surface area contributed by atoms with Gasteiger partial charge >= 0.3 is 0 Å². The summed E-state index contributed by atoms with van der Waals surface area (Å²) in [6.07, 6.45) is 0. The minimum absolute atomic E-state index is 0.607. The van der Waals surface area contributed by atoms with Gasteiger partial charge in [-0.15, -0.1) is 0 Å². The van der Waals surface area contributed by atoms with E-state index in [0.29, 0.717) is 17.5 Å². The zero-order valence-corrected chi connectivity index (χ0v) is 27.1. The molecular formula is C46H31N3O. The van der Waals surface area contributed by atoms with Gasteiger partial charge in [0.05, 0.1) is 5.41 Å². The number of aromatic nitrogens is 3. The number of nitrogens with zero attached hydrogens (tertiary/aromatic N) is 3. The zero-order chi connectivity index (χ0) is 33.3. The average Bonchev–Trinajstić information content (AvgIpc) is 3.21. The van der Waals surface area contributed by atoms with Crippen molar-refractivity contribution in [1.29, 1.82) is 0 Å². The molecular weight excluding hydrogens is 611 g/mol. The van der Waals surface area contributed by atoms with E-state index < -0.39 is 5.41 Å². The highest BCUT2D eigenvalue weighted by Crippen LogP contribution is 2.55. The zero-order valence-electron chi connectivity index (χ0n) is 27.1. The van der Waals surface area contributed by atoms with E-state index in [9.17, 15) is 0 Å². The second-order valence-electron chi connectivity index (χ2n) is 12.4. The third-order valence-corrected chi connectivity index (χ3v) is 9.48. The van der Waals surface area contributed by atoms with E-state index in [1.807, 2.05) is 54.6 Å². The minimum atomic E-state index is -0.652. The van der Waals surface area contributed by atoms with Crippen molar-refractivity contribution in [1.82, 2.24) is 15.0 Å². The van der Waals surface area contributed by atoms with E-state index in [2.05, 4.69) is 133 Å². The van der Waals surface area contributed by atoms with E-state index in [1.165, 1.54) is 0 Å². The Hall–Kier alpha value is -6.65. The fourth-order valence-electron chi connectivity index (χ4n) is 7.25. The summed E-state index contributed by atoms with van der Waals surface area (Å²) in [6.45, 7) is 0. The molecule has 2 heterocycles. The second-order valence-corrected chi connectivity index (χ2v) is 12.4. The molecule has 0 N–H and O–H groups in total. The summed E-state index contributed by atoms with van der Waals surface area (Å²) in [5.41, 5.74) is 8.71. The molecule has 8 aromatic rings. The van der Waals surface area contributed by atoms with Crippen molar-refractivity contribution < 1.29 is 4.74 Å². The average molecular weight is 642 g/mol. The van der Waals surface area contributed by atoms with Crippen LogP contribution in [0.5, 0.6) is 11.5 Å². The van der Waals surface area contributed by atoms with Crippen LogP contribution in [0, 0.1) is 0 Å². The van der Waals surface area contributed by atoms with Crippen LogP contribution in [0.1, 0.15) is 22.3 Å². The fraction of sp³-hybridized carbons (Fsp3) is 0.0217. The number of rotatable bonds is 6. The topological polar surface area (TPSA) is 47.9 Å². The Kier molecular flexibility index (Phi) is 7.33. The van der Waals surface area contributed by atoms with E-state index in [0.717, 1.165) is 61.6 Å². The Morgan fingerprint density at radius 2 is 0.800 bits per heavy atom.